The SMILES string of the molecule is CCOc1ccc(NC(=O)c2ccc(OC)c(S(=O)(=O)NC(C)(C)C)c2)cc1OCC. The van der Waals surface area contributed by atoms with Gasteiger partial charge in [0, 0.05) is 22.9 Å². The van der Waals surface area contributed by atoms with Crippen LogP contribution in [0.2, 0.25) is 0 Å². The predicted octanol–water partition coefficient (Wildman–Crippen LogP) is 3.82. The number of benzene rings is 2. The first-order chi connectivity index (χ1) is 14.5. The molecule has 0 spiro atoms. The molecular weight excluding hydrogens is 420 g/mol. The van der Waals surface area contributed by atoms with Crippen molar-refractivity contribution in [2.24, 2.45) is 0 Å². The Labute approximate surface area is 184 Å². The van der Waals surface area contributed by atoms with Gasteiger partial charge in [0.15, 0.2) is 11.5 Å². The van der Waals surface area contributed by atoms with Crippen LogP contribution in [0, 0.1) is 0 Å². The van der Waals surface area contributed by atoms with Crippen LogP contribution in [0.3, 0.4) is 0 Å². The molecule has 170 valence electrons. The van der Waals surface area contributed by atoms with Crippen LogP contribution in [-0.2, 0) is 10.0 Å². The molecule has 2 aromatic carbocycles. The fourth-order valence-electron chi connectivity index (χ4n) is 2.82. The lowest BCUT2D eigenvalue weighted by molar-refractivity contribution is 0.102. The van der Waals surface area contributed by atoms with Gasteiger partial charge in [0.2, 0.25) is 10.0 Å². The maximum absolute atomic E-state index is 12.8. The van der Waals surface area contributed by atoms with E-state index in [4.69, 9.17) is 14.2 Å². The third-order valence-electron chi connectivity index (χ3n) is 3.96. The highest BCUT2D eigenvalue weighted by molar-refractivity contribution is 7.89. The molecule has 1 amide bonds. The van der Waals surface area contributed by atoms with E-state index in [0.29, 0.717) is 30.4 Å². The Hall–Kier alpha value is -2.78. The monoisotopic (exact) mass is 450 g/mol. The number of hydrogen-bond acceptors (Lipinski definition) is 6. The zero-order valence-electron chi connectivity index (χ0n) is 18.7. The Kier molecular flexibility index (Phi) is 7.91. The van der Waals surface area contributed by atoms with Crippen molar-refractivity contribution >= 4 is 21.6 Å². The van der Waals surface area contributed by atoms with E-state index in [-0.39, 0.29) is 16.2 Å². The average molecular weight is 451 g/mol. The maximum atomic E-state index is 12.8. The molecule has 2 rings (SSSR count). The molecule has 9 heteroatoms. The highest BCUT2D eigenvalue weighted by atomic mass is 32.2. The van der Waals surface area contributed by atoms with Gasteiger partial charge in [0.05, 0.1) is 20.3 Å². The molecular formula is C22H30N2O6S. The first kappa shape index (κ1) is 24.5. The van der Waals surface area contributed by atoms with Gasteiger partial charge in [-0.3, -0.25) is 4.79 Å². The summed E-state index contributed by atoms with van der Waals surface area (Å²) in [6.07, 6.45) is 0. The average Bonchev–Trinajstić information content (AvgIpc) is 2.68. The molecule has 2 N–H and O–H groups in total. The van der Waals surface area contributed by atoms with Crippen LogP contribution in [0.4, 0.5) is 5.69 Å². The van der Waals surface area contributed by atoms with Crippen LogP contribution in [-0.4, -0.2) is 40.2 Å². The fraction of sp³-hybridized carbons (Fsp3) is 0.409. The van der Waals surface area contributed by atoms with E-state index in [1.165, 1.54) is 25.3 Å². The van der Waals surface area contributed by atoms with Gasteiger partial charge >= 0.3 is 0 Å². The van der Waals surface area contributed by atoms with E-state index >= 15 is 0 Å². The van der Waals surface area contributed by atoms with E-state index in [0.717, 1.165) is 0 Å². The third kappa shape index (κ3) is 6.60. The summed E-state index contributed by atoms with van der Waals surface area (Å²) in [5, 5.41) is 2.76. The summed E-state index contributed by atoms with van der Waals surface area (Å²) in [6, 6.07) is 9.31. The number of rotatable bonds is 9. The fourth-order valence-corrected chi connectivity index (χ4v) is 4.43. The number of carbonyl (C=O) groups excluding carboxylic acids is 1. The first-order valence-electron chi connectivity index (χ1n) is 9.93. The summed E-state index contributed by atoms with van der Waals surface area (Å²) < 4.78 is 44.5. The van der Waals surface area contributed by atoms with Crippen molar-refractivity contribution < 1.29 is 27.4 Å². The molecule has 0 aromatic heterocycles. The van der Waals surface area contributed by atoms with Crippen LogP contribution in [0.25, 0.3) is 0 Å². The third-order valence-corrected chi connectivity index (χ3v) is 5.74. The standard InChI is InChI=1S/C22H30N2O6S/c1-7-29-17-12-10-16(14-19(17)30-8-2)23-21(25)15-9-11-18(28-6)20(13-15)31(26,27)24-22(3,4)5/h9-14,24H,7-8H2,1-6H3,(H,23,25). The van der Waals surface area contributed by atoms with Crippen molar-refractivity contribution in [2.45, 2.75) is 45.1 Å². The molecule has 0 fully saturated rings. The minimum atomic E-state index is -3.91. The van der Waals surface area contributed by atoms with Gasteiger partial charge in [-0.25, -0.2) is 13.1 Å². The molecule has 8 nitrogen and oxygen atoms in total. The summed E-state index contributed by atoms with van der Waals surface area (Å²) in [4.78, 5) is 12.7. The lowest BCUT2D eigenvalue weighted by atomic mass is 10.1. The Morgan fingerprint density at radius 2 is 1.55 bits per heavy atom. The van der Waals surface area contributed by atoms with Crippen LogP contribution >= 0.6 is 0 Å². The normalized spacial score (nSPS) is 11.7. The molecule has 0 bridgehead atoms. The molecule has 0 saturated heterocycles. The number of carbonyl (C=O) groups is 1. The van der Waals surface area contributed by atoms with E-state index in [2.05, 4.69) is 10.0 Å². The second kappa shape index (κ2) is 10.0. The predicted molar refractivity (Wildman–Crippen MR) is 120 cm³/mol. The summed E-state index contributed by atoms with van der Waals surface area (Å²) in [7, 11) is -2.53. The quantitative estimate of drug-likeness (QED) is 0.602. The first-order valence-corrected chi connectivity index (χ1v) is 11.4. The van der Waals surface area contributed by atoms with E-state index < -0.39 is 21.5 Å². The number of ether oxygens (including phenoxy) is 3. The second-order valence-corrected chi connectivity index (χ2v) is 9.35. The van der Waals surface area contributed by atoms with Crippen molar-refractivity contribution in [3.05, 3.63) is 42.0 Å². The topological polar surface area (TPSA) is 103 Å². The minimum absolute atomic E-state index is 0.112. The van der Waals surface area contributed by atoms with Crippen molar-refractivity contribution in [3.63, 3.8) is 0 Å². The summed E-state index contributed by atoms with van der Waals surface area (Å²) in [6.45, 7) is 9.84. The minimum Gasteiger partial charge on any atom is -0.495 e. The lowest BCUT2D eigenvalue weighted by Crippen LogP contribution is -2.40. The van der Waals surface area contributed by atoms with Crippen molar-refractivity contribution in [3.8, 4) is 17.2 Å². The van der Waals surface area contributed by atoms with Crippen molar-refractivity contribution in [2.75, 3.05) is 25.6 Å². The molecule has 0 heterocycles. The maximum Gasteiger partial charge on any atom is 0.255 e. The van der Waals surface area contributed by atoms with Gasteiger partial charge < -0.3 is 19.5 Å². The van der Waals surface area contributed by atoms with Crippen LogP contribution in [0.1, 0.15) is 45.0 Å². The number of hydrogen-bond donors (Lipinski definition) is 2. The van der Waals surface area contributed by atoms with E-state index in [9.17, 15) is 13.2 Å². The highest BCUT2D eigenvalue weighted by Crippen LogP contribution is 2.31. The molecule has 0 aliphatic heterocycles. The summed E-state index contributed by atoms with van der Waals surface area (Å²) in [5.74, 6) is 0.762. The Bertz CT molecular complexity index is 1030. The van der Waals surface area contributed by atoms with Gasteiger partial charge in [0.1, 0.15) is 10.6 Å². The molecule has 0 atom stereocenters. The van der Waals surface area contributed by atoms with Crippen LogP contribution in [0.15, 0.2) is 41.3 Å². The number of amides is 1. The van der Waals surface area contributed by atoms with Gasteiger partial charge in [-0.15, -0.1) is 0 Å². The molecule has 0 radical (unpaired) electrons. The number of methoxy groups -OCH3 is 1. The molecule has 2 aromatic rings. The summed E-state index contributed by atoms with van der Waals surface area (Å²) in [5.41, 5.74) is -0.0352. The summed E-state index contributed by atoms with van der Waals surface area (Å²) >= 11 is 0. The largest absolute Gasteiger partial charge is 0.495 e. The smallest absolute Gasteiger partial charge is 0.255 e. The van der Waals surface area contributed by atoms with Crippen molar-refractivity contribution in [1.29, 1.82) is 0 Å². The van der Waals surface area contributed by atoms with Crippen molar-refractivity contribution in [1.82, 2.24) is 4.72 Å². The molecule has 0 saturated carbocycles. The Morgan fingerprint density at radius 1 is 0.935 bits per heavy atom. The number of nitrogens with one attached hydrogen (secondary N) is 2. The molecule has 0 unspecified atom stereocenters. The zero-order chi connectivity index (χ0) is 23.2. The van der Waals surface area contributed by atoms with Gasteiger partial charge in [-0.2, -0.15) is 0 Å². The van der Waals surface area contributed by atoms with Crippen LogP contribution in [0.5, 0.6) is 17.2 Å². The Balaban J connectivity index is 2.35. The van der Waals surface area contributed by atoms with E-state index in [1.807, 2.05) is 13.8 Å². The second-order valence-electron chi connectivity index (χ2n) is 7.70. The number of anilines is 1. The molecule has 0 aliphatic rings. The Morgan fingerprint density at radius 3 is 2.13 bits per heavy atom. The number of sulfonamides is 1. The van der Waals surface area contributed by atoms with E-state index in [1.54, 1.807) is 39.0 Å². The van der Waals surface area contributed by atoms with Gasteiger partial charge in [-0.05, 0) is 65.0 Å². The highest BCUT2D eigenvalue weighted by Gasteiger charge is 2.26. The van der Waals surface area contributed by atoms with Crippen LogP contribution < -0.4 is 24.2 Å². The molecule has 0 aliphatic carbocycles. The molecule has 31 heavy (non-hydrogen) atoms. The van der Waals surface area contributed by atoms with Gasteiger partial charge in [0.25, 0.3) is 5.91 Å². The zero-order valence-corrected chi connectivity index (χ0v) is 19.6. The lowest BCUT2D eigenvalue weighted by Gasteiger charge is -2.21. The van der Waals surface area contributed by atoms with Gasteiger partial charge in [-0.1, -0.05) is 0 Å².